The number of nitriles is 1. The monoisotopic (exact) mass is 479 g/mol. The van der Waals surface area contributed by atoms with Crippen molar-refractivity contribution in [2.75, 3.05) is 18.2 Å². The number of unbranched alkanes of at least 4 members (excludes halogenated alkanes) is 3. The number of hydrogen-bond acceptors (Lipinski definition) is 8. The number of nitrogens with two attached hydrogens (primary N) is 1. The van der Waals surface area contributed by atoms with Crippen LogP contribution in [0.25, 0.3) is 11.0 Å². The van der Waals surface area contributed by atoms with Crippen molar-refractivity contribution in [3.63, 3.8) is 0 Å². The van der Waals surface area contributed by atoms with Gasteiger partial charge in [-0.3, -0.25) is 9.59 Å². The zero-order valence-corrected chi connectivity index (χ0v) is 19.1. The van der Waals surface area contributed by atoms with Crippen LogP contribution in [0.1, 0.15) is 57.9 Å². The van der Waals surface area contributed by atoms with E-state index in [9.17, 15) is 18.8 Å². The largest absolute Gasteiger partial charge is 0.427 e. The van der Waals surface area contributed by atoms with Crippen molar-refractivity contribution in [1.29, 1.82) is 5.26 Å². The fraction of sp³-hybridized carbons (Fsp3) is 0.500. The van der Waals surface area contributed by atoms with Crippen LogP contribution in [-0.4, -0.2) is 40.9 Å². The highest BCUT2D eigenvalue weighted by molar-refractivity contribution is 6.11. The SMILES string of the molecule is CCCCCC(=O)N(C(=O)OCOC(=O)CN)c1nc2c(F)cc(C#N)c(F)c2n1CCCC. The number of carbonyl (C=O) groups excluding carboxylic acids is 3. The second-order valence-electron chi connectivity index (χ2n) is 7.38. The summed E-state index contributed by atoms with van der Waals surface area (Å²) < 4.78 is 40.4. The molecule has 1 aromatic carbocycles. The number of carbonyl (C=O) groups is 3. The standard InChI is InChI=1S/C22H27F2N5O5/c1-3-5-7-8-16(30)29(22(32)34-13-33-17(31)12-26)21-27-19-15(23)10-14(11-25)18(24)20(19)28(21)9-6-4-2/h10H,3-9,12-13,26H2,1-2H3. The molecule has 0 aliphatic carbocycles. The van der Waals surface area contributed by atoms with E-state index in [1.807, 2.05) is 13.8 Å². The minimum Gasteiger partial charge on any atom is -0.427 e. The number of halogens is 2. The average molecular weight is 479 g/mol. The van der Waals surface area contributed by atoms with Crippen LogP contribution in [0.5, 0.6) is 0 Å². The zero-order chi connectivity index (χ0) is 25.3. The first-order valence-electron chi connectivity index (χ1n) is 10.9. The van der Waals surface area contributed by atoms with Crippen molar-refractivity contribution < 1.29 is 32.6 Å². The summed E-state index contributed by atoms with van der Waals surface area (Å²) in [5.41, 5.74) is 3.82. The van der Waals surface area contributed by atoms with Crippen molar-refractivity contribution in [3.05, 3.63) is 23.3 Å². The summed E-state index contributed by atoms with van der Waals surface area (Å²) in [6.07, 6.45) is 1.83. The lowest BCUT2D eigenvalue weighted by molar-refractivity contribution is -0.149. The molecule has 0 aliphatic rings. The van der Waals surface area contributed by atoms with Crippen LogP contribution in [0.15, 0.2) is 6.07 Å². The minimum atomic E-state index is -1.24. The molecule has 10 nitrogen and oxygen atoms in total. The van der Waals surface area contributed by atoms with Gasteiger partial charge in [-0.05, 0) is 18.9 Å². The van der Waals surface area contributed by atoms with E-state index in [0.717, 1.165) is 6.42 Å². The minimum absolute atomic E-state index is 0.0586. The van der Waals surface area contributed by atoms with Crippen molar-refractivity contribution in [2.24, 2.45) is 5.73 Å². The van der Waals surface area contributed by atoms with E-state index in [4.69, 9.17) is 15.7 Å². The number of esters is 1. The van der Waals surface area contributed by atoms with Gasteiger partial charge >= 0.3 is 12.1 Å². The maximum Gasteiger partial charge on any atom is 0.426 e. The molecular formula is C22H27F2N5O5. The predicted molar refractivity (Wildman–Crippen MR) is 117 cm³/mol. The first kappa shape index (κ1) is 26.7. The lowest BCUT2D eigenvalue weighted by Crippen LogP contribution is -2.40. The third-order valence-corrected chi connectivity index (χ3v) is 4.94. The number of imide groups is 1. The number of hydrogen-bond donors (Lipinski definition) is 1. The molecule has 1 aromatic heterocycles. The topological polar surface area (TPSA) is 141 Å². The Hall–Kier alpha value is -3.59. The number of amides is 2. The highest BCUT2D eigenvalue weighted by Gasteiger charge is 2.32. The number of imidazole rings is 1. The van der Waals surface area contributed by atoms with E-state index in [1.54, 1.807) is 6.07 Å². The molecule has 0 bridgehead atoms. The zero-order valence-electron chi connectivity index (χ0n) is 19.1. The van der Waals surface area contributed by atoms with Gasteiger partial charge < -0.3 is 19.8 Å². The van der Waals surface area contributed by atoms with Crippen LogP contribution < -0.4 is 10.6 Å². The Kier molecular flexibility index (Phi) is 9.88. The van der Waals surface area contributed by atoms with E-state index in [-0.39, 0.29) is 24.4 Å². The van der Waals surface area contributed by atoms with Crippen LogP contribution in [0.4, 0.5) is 19.5 Å². The molecule has 2 aromatic rings. The molecule has 0 saturated heterocycles. The van der Waals surface area contributed by atoms with E-state index < -0.39 is 54.0 Å². The molecule has 0 unspecified atom stereocenters. The molecule has 0 spiro atoms. The summed E-state index contributed by atoms with van der Waals surface area (Å²) in [5.74, 6) is -3.89. The lowest BCUT2D eigenvalue weighted by atomic mass is 10.2. The van der Waals surface area contributed by atoms with E-state index >= 15 is 4.39 Å². The summed E-state index contributed by atoms with van der Waals surface area (Å²) in [4.78, 5) is 41.7. The predicted octanol–water partition coefficient (Wildman–Crippen LogP) is 3.50. The van der Waals surface area contributed by atoms with Gasteiger partial charge in [0, 0.05) is 13.0 Å². The van der Waals surface area contributed by atoms with Gasteiger partial charge in [-0.25, -0.2) is 18.6 Å². The Morgan fingerprint density at radius 2 is 1.88 bits per heavy atom. The van der Waals surface area contributed by atoms with Crippen LogP contribution in [-0.2, 0) is 25.6 Å². The molecule has 2 amide bonds. The summed E-state index contributed by atoms with van der Waals surface area (Å²) in [6, 6.07) is 2.29. The number of rotatable bonds is 11. The lowest BCUT2D eigenvalue weighted by Gasteiger charge is -2.21. The Bertz CT molecular complexity index is 1100. The molecule has 0 saturated carbocycles. The quantitative estimate of drug-likeness (QED) is 0.293. The van der Waals surface area contributed by atoms with Gasteiger partial charge in [-0.15, -0.1) is 0 Å². The van der Waals surface area contributed by atoms with Crippen molar-refractivity contribution in [3.8, 4) is 6.07 Å². The number of aromatic nitrogens is 2. The second kappa shape index (κ2) is 12.6. The normalized spacial score (nSPS) is 10.7. The number of fused-ring (bicyclic) bond motifs is 1. The van der Waals surface area contributed by atoms with Gasteiger partial charge in [0.15, 0.2) is 11.6 Å². The first-order chi connectivity index (χ1) is 16.3. The first-order valence-corrected chi connectivity index (χ1v) is 10.9. The Morgan fingerprint density at radius 3 is 2.50 bits per heavy atom. The van der Waals surface area contributed by atoms with E-state index in [2.05, 4.69) is 9.72 Å². The number of ether oxygens (including phenoxy) is 2. The molecule has 12 heteroatoms. The molecule has 0 fully saturated rings. The molecular weight excluding hydrogens is 452 g/mol. The Labute approximate surface area is 195 Å². The van der Waals surface area contributed by atoms with Gasteiger partial charge in [0.25, 0.3) is 0 Å². The summed E-state index contributed by atoms with van der Waals surface area (Å²) in [5, 5.41) is 9.17. The van der Waals surface area contributed by atoms with Crippen LogP contribution in [0.2, 0.25) is 0 Å². The maximum absolute atomic E-state index is 15.1. The summed E-state index contributed by atoms with van der Waals surface area (Å²) in [6.45, 7) is 2.63. The van der Waals surface area contributed by atoms with Crippen molar-refractivity contribution >= 4 is 35.0 Å². The van der Waals surface area contributed by atoms with E-state index in [0.29, 0.717) is 36.6 Å². The van der Waals surface area contributed by atoms with Crippen molar-refractivity contribution in [2.45, 2.75) is 58.9 Å². The third-order valence-electron chi connectivity index (χ3n) is 4.94. The maximum atomic E-state index is 15.1. The number of benzene rings is 1. The number of nitrogens with zero attached hydrogens (tertiary/aromatic N) is 4. The Morgan fingerprint density at radius 1 is 1.18 bits per heavy atom. The van der Waals surface area contributed by atoms with Crippen LogP contribution >= 0.6 is 0 Å². The molecule has 0 aliphatic heterocycles. The summed E-state index contributed by atoms with van der Waals surface area (Å²) in [7, 11) is 0. The average Bonchev–Trinajstić information content (AvgIpc) is 3.19. The van der Waals surface area contributed by atoms with Gasteiger partial charge in [0.05, 0.1) is 12.1 Å². The van der Waals surface area contributed by atoms with Crippen LogP contribution in [0.3, 0.4) is 0 Å². The molecule has 184 valence electrons. The molecule has 1 heterocycles. The highest BCUT2D eigenvalue weighted by Crippen LogP contribution is 2.30. The molecule has 34 heavy (non-hydrogen) atoms. The molecule has 0 radical (unpaired) electrons. The highest BCUT2D eigenvalue weighted by atomic mass is 19.1. The fourth-order valence-electron chi connectivity index (χ4n) is 3.20. The van der Waals surface area contributed by atoms with Gasteiger partial charge in [0.1, 0.15) is 17.1 Å². The van der Waals surface area contributed by atoms with Crippen molar-refractivity contribution in [1.82, 2.24) is 9.55 Å². The van der Waals surface area contributed by atoms with Gasteiger partial charge in [-0.2, -0.15) is 10.2 Å². The number of anilines is 1. The van der Waals surface area contributed by atoms with Crippen LogP contribution in [0, 0.1) is 23.0 Å². The smallest absolute Gasteiger partial charge is 0.426 e. The Balaban J connectivity index is 2.60. The second-order valence-corrected chi connectivity index (χ2v) is 7.38. The fourth-order valence-corrected chi connectivity index (χ4v) is 3.20. The molecule has 0 atom stereocenters. The summed E-state index contributed by atoms with van der Waals surface area (Å²) >= 11 is 0. The van der Waals surface area contributed by atoms with Gasteiger partial charge in [0.2, 0.25) is 18.6 Å². The van der Waals surface area contributed by atoms with E-state index in [1.165, 1.54) is 4.57 Å². The number of aryl methyl sites for hydroxylation is 1. The molecule has 2 rings (SSSR count). The third kappa shape index (κ3) is 6.05. The van der Waals surface area contributed by atoms with Gasteiger partial charge in [-0.1, -0.05) is 33.1 Å². The molecule has 2 N–H and O–H groups in total.